The second kappa shape index (κ2) is 5.85. The van der Waals surface area contributed by atoms with Gasteiger partial charge in [0.25, 0.3) is 0 Å². The number of benzene rings is 1. The van der Waals surface area contributed by atoms with Gasteiger partial charge in [-0.05, 0) is 36.3 Å². The summed E-state index contributed by atoms with van der Waals surface area (Å²) in [5.74, 6) is 7.20. The van der Waals surface area contributed by atoms with Gasteiger partial charge in [0.1, 0.15) is 0 Å². The van der Waals surface area contributed by atoms with Crippen molar-refractivity contribution in [3.8, 4) is 0 Å². The van der Waals surface area contributed by atoms with Crippen LogP contribution in [-0.4, -0.2) is 0 Å². The molecule has 1 saturated carbocycles. The minimum atomic E-state index is 0.191. The van der Waals surface area contributed by atoms with E-state index in [-0.39, 0.29) is 6.04 Å². The third-order valence-corrected chi connectivity index (χ3v) is 4.30. The van der Waals surface area contributed by atoms with E-state index in [0.717, 1.165) is 16.5 Å². The van der Waals surface area contributed by atoms with E-state index < -0.39 is 0 Å². The fourth-order valence-electron chi connectivity index (χ4n) is 2.83. The van der Waals surface area contributed by atoms with Crippen LogP contribution in [0.25, 0.3) is 0 Å². The summed E-state index contributed by atoms with van der Waals surface area (Å²) in [4.78, 5) is 0. The van der Waals surface area contributed by atoms with Crippen molar-refractivity contribution in [3.05, 3.63) is 34.9 Å². The molecular weight excluding hydrogens is 232 g/mol. The molecule has 0 aromatic heterocycles. The molecule has 0 radical (unpaired) electrons. The first-order chi connectivity index (χ1) is 8.22. The van der Waals surface area contributed by atoms with Crippen LogP contribution < -0.4 is 11.3 Å². The Hall–Kier alpha value is -0.570. The monoisotopic (exact) mass is 252 g/mol. The fraction of sp³-hybridized carbons (Fsp3) is 0.571. The molecule has 1 fully saturated rings. The van der Waals surface area contributed by atoms with Crippen LogP contribution in [0.1, 0.15) is 44.2 Å². The topological polar surface area (TPSA) is 38.0 Å². The molecule has 0 spiro atoms. The van der Waals surface area contributed by atoms with Crippen molar-refractivity contribution in [3.63, 3.8) is 0 Å². The smallest absolute Gasteiger partial charge is 0.0502 e. The molecule has 3 N–H and O–H groups in total. The van der Waals surface area contributed by atoms with E-state index >= 15 is 0 Å². The average Bonchev–Trinajstić information content (AvgIpc) is 2.35. The Bertz CT molecular complexity index is 359. The summed E-state index contributed by atoms with van der Waals surface area (Å²) in [5.41, 5.74) is 4.09. The lowest BCUT2D eigenvalue weighted by molar-refractivity contribution is 0.232. The fourth-order valence-corrected chi connectivity index (χ4v) is 3.08. The third kappa shape index (κ3) is 3.01. The van der Waals surface area contributed by atoms with Gasteiger partial charge in [0.15, 0.2) is 0 Å². The van der Waals surface area contributed by atoms with Gasteiger partial charge in [0.2, 0.25) is 0 Å². The van der Waals surface area contributed by atoms with E-state index in [1.807, 2.05) is 18.2 Å². The molecule has 1 atom stereocenters. The molecule has 0 heterocycles. The Morgan fingerprint density at radius 3 is 2.47 bits per heavy atom. The highest BCUT2D eigenvalue weighted by Crippen LogP contribution is 2.38. The van der Waals surface area contributed by atoms with Crippen molar-refractivity contribution >= 4 is 11.6 Å². The molecule has 0 amide bonds. The minimum absolute atomic E-state index is 0.191. The molecule has 94 valence electrons. The first-order valence-corrected chi connectivity index (χ1v) is 6.80. The van der Waals surface area contributed by atoms with Crippen LogP contribution in [0.15, 0.2) is 24.3 Å². The molecule has 1 aromatic carbocycles. The van der Waals surface area contributed by atoms with E-state index in [1.54, 1.807) is 0 Å². The van der Waals surface area contributed by atoms with Gasteiger partial charge >= 0.3 is 0 Å². The zero-order valence-corrected chi connectivity index (χ0v) is 11.1. The molecule has 1 aliphatic rings. The summed E-state index contributed by atoms with van der Waals surface area (Å²) >= 11 is 6.25. The molecule has 2 rings (SSSR count). The SMILES string of the molecule is CC1CCC(C(NN)c2ccccc2Cl)CC1. The maximum atomic E-state index is 6.25. The van der Waals surface area contributed by atoms with E-state index in [0.29, 0.717) is 5.92 Å². The van der Waals surface area contributed by atoms with Crippen LogP contribution in [0, 0.1) is 11.8 Å². The third-order valence-electron chi connectivity index (χ3n) is 3.95. The maximum Gasteiger partial charge on any atom is 0.0502 e. The van der Waals surface area contributed by atoms with Crippen LogP contribution >= 0.6 is 11.6 Å². The van der Waals surface area contributed by atoms with Gasteiger partial charge in [-0.1, -0.05) is 49.6 Å². The van der Waals surface area contributed by atoms with Crippen molar-refractivity contribution in [1.82, 2.24) is 5.43 Å². The largest absolute Gasteiger partial charge is 0.271 e. The quantitative estimate of drug-likeness (QED) is 0.636. The van der Waals surface area contributed by atoms with Gasteiger partial charge in [-0.15, -0.1) is 0 Å². The molecule has 0 bridgehead atoms. The Balaban J connectivity index is 2.14. The second-order valence-electron chi connectivity index (χ2n) is 5.19. The van der Waals surface area contributed by atoms with Crippen LogP contribution in [0.2, 0.25) is 5.02 Å². The summed E-state index contributed by atoms with van der Waals surface area (Å²) < 4.78 is 0. The highest BCUT2D eigenvalue weighted by Gasteiger charge is 2.27. The average molecular weight is 253 g/mol. The molecular formula is C14H21ClN2. The Morgan fingerprint density at radius 2 is 1.88 bits per heavy atom. The van der Waals surface area contributed by atoms with Gasteiger partial charge in [0, 0.05) is 5.02 Å². The lowest BCUT2D eigenvalue weighted by Crippen LogP contribution is -2.35. The van der Waals surface area contributed by atoms with Crippen LogP contribution in [0.3, 0.4) is 0 Å². The van der Waals surface area contributed by atoms with Crippen LogP contribution in [-0.2, 0) is 0 Å². The minimum Gasteiger partial charge on any atom is -0.271 e. The Kier molecular flexibility index (Phi) is 4.43. The van der Waals surface area contributed by atoms with Crippen molar-refractivity contribution in [2.24, 2.45) is 17.7 Å². The maximum absolute atomic E-state index is 6.25. The molecule has 1 unspecified atom stereocenters. The highest BCUT2D eigenvalue weighted by molar-refractivity contribution is 6.31. The summed E-state index contributed by atoms with van der Waals surface area (Å²) in [6, 6.07) is 8.19. The molecule has 3 heteroatoms. The summed E-state index contributed by atoms with van der Waals surface area (Å²) in [6.45, 7) is 2.33. The molecule has 2 nitrogen and oxygen atoms in total. The Labute approximate surface area is 109 Å². The van der Waals surface area contributed by atoms with Gasteiger partial charge in [-0.3, -0.25) is 11.3 Å². The predicted molar refractivity (Wildman–Crippen MR) is 72.6 cm³/mol. The van der Waals surface area contributed by atoms with Gasteiger partial charge < -0.3 is 0 Å². The number of nitrogens with one attached hydrogen (secondary N) is 1. The van der Waals surface area contributed by atoms with E-state index in [9.17, 15) is 0 Å². The number of hydrazine groups is 1. The molecule has 17 heavy (non-hydrogen) atoms. The molecule has 0 aliphatic heterocycles. The van der Waals surface area contributed by atoms with Gasteiger partial charge in [-0.2, -0.15) is 0 Å². The highest BCUT2D eigenvalue weighted by atomic mass is 35.5. The lowest BCUT2D eigenvalue weighted by atomic mass is 9.77. The van der Waals surface area contributed by atoms with Crippen LogP contribution in [0.5, 0.6) is 0 Å². The lowest BCUT2D eigenvalue weighted by Gasteiger charge is -2.33. The number of nitrogens with two attached hydrogens (primary N) is 1. The zero-order valence-electron chi connectivity index (χ0n) is 10.3. The standard InChI is InChI=1S/C14H21ClN2/c1-10-6-8-11(9-7-10)14(17-16)12-4-2-3-5-13(12)15/h2-5,10-11,14,17H,6-9,16H2,1H3. The van der Waals surface area contributed by atoms with Crippen molar-refractivity contribution in [2.45, 2.75) is 38.6 Å². The van der Waals surface area contributed by atoms with E-state index in [2.05, 4.69) is 18.4 Å². The van der Waals surface area contributed by atoms with E-state index in [1.165, 1.54) is 25.7 Å². The van der Waals surface area contributed by atoms with Crippen molar-refractivity contribution in [2.75, 3.05) is 0 Å². The summed E-state index contributed by atoms with van der Waals surface area (Å²) in [6.07, 6.45) is 5.07. The summed E-state index contributed by atoms with van der Waals surface area (Å²) in [5, 5.41) is 0.814. The second-order valence-corrected chi connectivity index (χ2v) is 5.59. The number of rotatable bonds is 3. The number of halogens is 1. The zero-order chi connectivity index (χ0) is 12.3. The molecule has 0 saturated heterocycles. The van der Waals surface area contributed by atoms with Crippen LogP contribution in [0.4, 0.5) is 0 Å². The predicted octanol–water partition coefficient (Wildman–Crippen LogP) is 3.67. The van der Waals surface area contributed by atoms with Crippen molar-refractivity contribution < 1.29 is 0 Å². The van der Waals surface area contributed by atoms with Gasteiger partial charge in [0.05, 0.1) is 6.04 Å². The molecule has 1 aromatic rings. The number of hydrogen-bond acceptors (Lipinski definition) is 2. The van der Waals surface area contributed by atoms with Crippen molar-refractivity contribution in [1.29, 1.82) is 0 Å². The summed E-state index contributed by atoms with van der Waals surface area (Å²) in [7, 11) is 0. The molecule has 1 aliphatic carbocycles. The normalized spacial score (nSPS) is 26.8. The van der Waals surface area contributed by atoms with E-state index in [4.69, 9.17) is 17.4 Å². The number of hydrogen-bond donors (Lipinski definition) is 2. The Morgan fingerprint density at radius 1 is 1.24 bits per heavy atom. The van der Waals surface area contributed by atoms with Gasteiger partial charge in [-0.25, -0.2) is 0 Å². The first kappa shape index (κ1) is 12.9. The first-order valence-electron chi connectivity index (χ1n) is 6.43.